The van der Waals surface area contributed by atoms with Gasteiger partial charge < -0.3 is 4.90 Å². The Morgan fingerprint density at radius 3 is 2.55 bits per heavy atom. The van der Waals surface area contributed by atoms with Crippen LogP contribution in [-0.2, 0) is 16.3 Å². The first-order valence-electron chi connectivity index (χ1n) is 9.56. The van der Waals surface area contributed by atoms with Crippen molar-refractivity contribution in [1.82, 2.24) is 4.98 Å². The molecule has 4 nitrogen and oxygen atoms in total. The summed E-state index contributed by atoms with van der Waals surface area (Å²) in [6, 6.07) is 8.64. The SMILES string of the molecule is O=S(=O)(c1ccc(Br)cc1Cl)C1CCN(c2nc(Cc3ccc(F)c(F)c3)cs2)CC1. The molecule has 3 aromatic rings. The molecule has 0 unspecified atom stereocenters. The van der Waals surface area contributed by atoms with Crippen molar-refractivity contribution in [2.24, 2.45) is 0 Å². The lowest BCUT2D eigenvalue weighted by Gasteiger charge is -2.31. The molecule has 164 valence electrons. The molecule has 0 bridgehead atoms. The molecule has 0 N–H and O–H groups in total. The summed E-state index contributed by atoms with van der Waals surface area (Å²) in [4.78, 5) is 6.83. The molecule has 1 aliphatic rings. The van der Waals surface area contributed by atoms with Crippen molar-refractivity contribution in [3.63, 3.8) is 0 Å². The molecule has 0 aliphatic carbocycles. The zero-order chi connectivity index (χ0) is 22.2. The molecule has 0 saturated carbocycles. The van der Waals surface area contributed by atoms with Crippen LogP contribution < -0.4 is 4.90 Å². The molecule has 31 heavy (non-hydrogen) atoms. The maximum Gasteiger partial charge on any atom is 0.185 e. The van der Waals surface area contributed by atoms with Crippen LogP contribution in [0.4, 0.5) is 13.9 Å². The monoisotopic (exact) mass is 546 g/mol. The number of benzene rings is 2. The van der Waals surface area contributed by atoms with Gasteiger partial charge in [0.25, 0.3) is 0 Å². The minimum atomic E-state index is -3.52. The van der Waals surface area contributed by atoms with Crippen molar-refractivity contribution in [1.29, 1.82) is 0 Å². The Morgan fingerprint density at radius 2 is 1.87 bits per heavy atom. The number of anilines is 1. The van der Waals surface area contributed by atoms with Gasteiger partial charge in [0.05, 0.1) is 20.9 Å². The summed E-state index contributed by atoms with van der Waals surface area (Å²) in [5.41, 5.74) is 1.41. The quantitative estimate of drug-likeness (QED) is 0.401. The second kappa shape index (κ2) is 9.13. The lowest BCUT2D eigenvalue weighted by atomic mass is 10.1. The average Bonchev–Trinajstić information content (AvgIpc) is 3.19. The predicted molar refractivity (Wildman–Crippen MR) is 123 cm³/mol. The van der Waals surface area contributed by atoms with E-state index in [1.807, 2.05) is 5.38 Å². The Kier molecular flexibility index (Phi) is 6.67. The molecular weight excluding hydrogens is 530 g/mol. The van der Waals surface area contributed by atoms with Gasteiger partial charge in [0.1, 0.15) is 0 Å². The van der Waals surface area contributed by atoms with Crippen LogP contribution in [-0.4, -0.2) is 31.7 Å². The van der Waals surface area contributed by atoms with Crippen LogP contribution in [0.2, 0.25) is 5.02 Å². The van der Waals surface area contributed by atoms with Crippen molar-refractivity contribution in [3.8, 4) is 0 Å². The molecule has 0 radical (unpaired) electrons. The van der Waals surface area contributed by atoms with Crippen molar-refractivity contribution < 1.29 is 17.2 Å². The number of rotatable bonds is 5. The number of thiazole rings is 1. The van der Waals surface area contributed by atoms with Gasteiger partial charge in [-0.25, -0.2) is 22.2 Å². The average molecular weight is 548 g/mol. The fourth-order valence-corrected chi connectivity index (χ4v) is 7.28. The van der Waals surface area contributed by atoms with E-state index >= 15 is 0 Å². The lowest BCUT2D eigenvalue weighted by Crippen LogP contribution is -2.39. The summed E-state index contributed by atoms with van der Waals surface area (Å²) in [6.07, 6.45) is 1.36. The van der Waals surface area contributed by atoms with Crippen LogP contribution in [0.15, 0.2) is 51.1 Å². The predicted octanol–water partition coefficient (Wildman–Crippen LogP) is 5.87. The summed E-state index contributed by atoms with van der Waals surface area (Å²) in [7, 11) is -3.52. The highest BCUT2D eigenvalue weighted by Crippen LogP contribution is 2.33. The van der Waals surface area contributed by atoms with E-state index in [1.54, 1.807) is 24.3 Å². The molecule has 2 heterocycles. The zero-order valence-electron chi connectivity index (χ0n) is 16.2. The largest absolute Gasteiger partial charge is 0.348 e. The Hall–Kier alpha value is -1.55. The molecule has 1 aromatic heterocycles. The van der Waals surface area contributed by atoms with Gasteiger partial charge in [0.2, 0.25) is 0 Å². The maximum absolute atomic E-state index is 13.4. The maximum atomic E-state index is 13.4. The highest BCUT2D eigenvalue weighted by atomic mass is 79.9. The summed E-state index contributed by atoms with van der Waals surface area (Å²) in [5.74, 6) is -1.74. The first-order chi connectivity index (χ1) is 14.7. The van der Waals surface area contributed by atoms with Crippen LogP contribution in [0.3, 0.4) is 0 Å². The van der Waals surface area contributed by atoms with E-state index in [0.717, 1.165) is 21.4 Å². The highest BCUT2D eigenvalue weighted by Gasteiger charge is 2.33. The molecule has 10 heteroatoms. The number of aromatic nitrogens is 1. The molecule has 0 spiro atoms. The summed E-state index contributed by atoms with van der Waals surface area (Å²) in [5, 5.41) is 2.42. The van der Waals surface area contributed by atoms with E-state index in [-0.39, 0.29) is 9.92 Å². The van der Waals surface area contributed by atoms with Crippen LogP contribution in [0, 0.1) is 11.6 Å². The number of piperidine rings is 1. The van der Waals surface area contributed by atoms with Crippen LogP contribution >= 0.6 is 38.9 Å². The van der Waals surface area contributed by atoms with Gasteiger partial charge in [-0.05, 0) is 48.7 Å². The van der Waals surface area contributed by atoms with Crippen molar-refractivity contribution >= 4 is 53.8 Å². The van der Waals surface area contributed by atoms with Crippen LogP contribution in [0.25, 0.3) is 0 Å². The Bertz CT molecular complexity index is 1210. The van der Waals surface area contributed by atoms with E-state index in [0.29, 0.717) is 37.9 Å². The Labute approximate surface area is 196 Å². The minimum absolute atomic E-state index is 0.166. The van der Waals surface area contributed by atoms with Gasteiger partial charge in [-0.15, -0.1) is 11.3 Å². The van der Waals surface area contributed by atoms with Crippen molar-refractivity contribution in [2.45, 2.75) is 29.4 Å². The van der Waals surface area contributed by atoms with Crippen molar-refractivity contribution in [3.05, 3.63) is 74.2 Å². The molecule has 1 saturated heterocycles. The standard InChI is InChI=1S/C21H18BrClF2N2O2S2/c22-14-2-4-20(17(23)11-14)31(28,29)16-5-7-27(8-6-16)21-26-15(12-30-21)9-13-1-3-18(24)19(25)10-13/h1-4,10-12,16H,5-9H2. The van der Waals surface area contributed by atoms with Gasteiger partial charge in [-0.1, -0.05) is 33.6 Å². The fraction of sp³-hybridized carbons (Fsp3) is 0.286. The van der Waals surface area contributed by atoms with Gasteiger partial charge >= 0.3 is 0 Å². The number of halogens is 4. The molecule has 1 fully saturated rings. The topological polar surface area (TPSA) is 50.3 Å². The molecule has 0 atom stereocenters. The Balaban J connectivity index is 1.41. The first kappa shape index (κ1) is 22.6. The lowest BCUT2D eigenvalue weighted by molar-refractivity contribution is 0.507. The highest BCUT2D eigenvalue weighted by molar-refractivity contribution is 9.10. The number of hydrogen-bond acceptors (Lipinski definition) is 5. The normalized spacial score (nSPS) is 15.4. The third-order valence-electron chi connectivity index (χ3n) is 5.26. The molecule has 1 aliphatic heterocycles. The number of hydrogen-bond donors (Lipinski definition) is 0. The van der Waals surface area contributed by atoms with E-state index in [2.05, 4.69) is 25.8 Å². The second-order valence-electron chi connectivity index (χ2n) is 7.35. The fourth-order valence-electron chi connectivity index (χ4n) is 3.62. The van der Waals surface area contributed by atoms with Crippen LogP contribution in [0.5, 0.6) is 0 Å². The molecular formula is C21H18BrClF2N2O2S2. The summed E-state index contributed by atoms with van der Waals surface area (Å²) < 4.78 is 53.3. The second-order valence-corrected chi connectivity index (χ2v) is 11.7. The summed E-state index contributed by atoms with van der Waals surface area (Å²) >= 11 is 10.9. The zero-order valence-corrected chi connectivity index (χ0v) is 20.2. The van der Waals surface area contributed by atoms with Crippen molar-refractivity contribution in [2.75, 3.05) is 18.0 Å². The Morgan fingerprint density at radius 1 is 1.13 bits per heavy atom. The van der Waals surface area contributed by atoms with E-state index in [4.69, 9.17) is 11.6 Å². The molecule has 2 aromatic carbocycles. The minimum Gasteiger partial charge on any atom is -0.348 e. The van der Waals surface area contributed by atoms with E-state index in [9.17, 15) is 17.2 Å². The number of nitrogens with zero attached hydrogens (tertiary/aromatic N) is 2. The van der Waals surface area contributed by atoms with Gasteiger partial charge in [0.15, 0.2) is 26.6 Å². The van der Waals surface area contributed by atoms with Gasteiger partial charge in [-0.2, -0.15) is 0 Å². The number of sulfone groups is 1. The third kappa shape index (κ3) is 4.94. The van der Waals surface area contributed by atoms with Gasteiger partial charge in [0, 0.05) is 29.4 Å². The molecule has 4 rings (SSSR count). The van der Waals surface area contributed by atoms with E-state index in [1.165, 1.54) is 17.4 Å². The van der Waals surface area contributed by atoms with E-state index < -0.39 is 26.7 Å². The molecule has 0 amide bonds. The van der Waals surface area contributed by atoms with Gasteiger partial charge in [-0.3, -0.25) is 0 Å². The smallest absolute Gasteiger partial charge is 0.185 e. The first-order valence-corrected chi connectivity index (χ1v) is 13.2. The van der Waals surface area contributed by atoms with Crippen LogP contribution in [0.1, 0.15) is 24.1 Å². The summed E-state index contributed by atoms with van der Waals surface area (Å²) in [6.45, 7) is 1.13. The third-order valence-corrected chi connectivity index (χ3v) is 9.45.